The van der Waals surface area contributed by atoms with Crippen LogP contribution in [0.15, 0.2) is 66.6 Å². The van der Waals surface area contributed by atoms with E-state index in [-0.39, 0.29) is 17.8 Å². The van der Waals surface area contributed by atoms with Gasteiger partial charge in [-0.25, -0.2) is 0 Å². The Hall–Kier alpha value is -2.32. The number of aldehydes is 1. The van der Waals surface area contributed by atoms with Gasteiger partial charge in [-0.15, -0.1) is 13.2 Å². The molecule has 0 radical (unpaired) electrons. The summed E-state index contributed by atoms with van der Waals surface area (Å²) < 4.78 is 39.1. The third kappa shape index (κ3) is 11.6. The van der Waals surface area contributed by atoms with Crippen molar-refractivity contribution in [2.45, 2.75) is 45.3 Å². The van der Waals surface area contributed by atoms with E-state index in [9.17, 15) is 13.2 Å². The van der Waals surface area contributed by atoms with E-state index in [0.717, 1.165) is 30.6 Å². The number of benzene rings is 2. The van der Waals surface area contributed by atoms with Crippen LogP contribution >= 0.6 is 0 Å². The van der Waals surface area contributed by atoms with Gasteiger partial charge >= 0.3 is 0 Å². The van der Waals surface area contributed by atoms with Gasteiger partial charge in [0.1, 0.15) is 6.29 Å². The Morgan fingerprint density at radius 2 is 1.52 bits per heavy atom. The van der Waals surface area contributed by atoms with Crippen molar-refractivity contribution < 1.29 is 26.9 Å². The highest BCUT2D eigenvalue weighted by atomic mass is 32.2. The lowest BCUT2D eigenvalue weighted by Gasteiger charge is -2.09. The van der Waals surface area contributed by atoms with Crippen molar-refractivity contribution >= 4 is 16.4 Å². The molecule has 2 aromatic carbocycles. The molecule has 0 saturated heterocycles. The van der Waals surface area contributed by atoms with Crippen molar-refractivity contribution in [3.63, 3.8) is 0 Å². The first-order chi connectivity index (χ1) is 14.8. The Balaban J connectivity index is 0.000000762. The van der Waals surface area contributed by atoms with Crippen LogP contribution in [0.4, 0.5) is 0 Å². The molecule has 7 heteroatoms. The highest BCUT2D eigenvalue weighted by Gasteiger charge is 2.14. The Morgan fingerprint density at radius 1 is 0.968 bits per heavy atom. The van der Waals surface area contributed by atoms with Crippen LogP contribution in [-0.2, 0) is 30.2 Å². The average Bonchev–Trinajstić information content (AvgIpc) is 2.76. The molecular weight excluding hydrogens is 416 g/mol. The number of hydrogen-bond acceptors (Lipinski definition) is 6. The van der Waals surface area contributed by atoms with E-state index in [1.54, 1.807) is 36.4 Å². The second-order valence-corrected chi connectivity index (χ2v) is 7.75. The van der Waals surface area contributed by atoms with Gasteiger partial charge in [-0.2, -0.15) is 8.42 Å². The van der Waals surface area contributed by atoms with Gasteiger partial charge in [0.2, 0.25) is 0 Å². The van der Waals surface area contributed by atoms with Gasteiger partial charge in [0.15, 0.2) is 6.29 Å². The van der Waals surface area contributed by atoms with Gasteiger partial charge in [0.25, 0.3) is 10.1 Å². The van der Waals surface area contributed by atoms with E-state index in [1.807, 2.05) is 27.7 Å². The fourth-order valence-electron chi connectivity index (χ4n) is 2.43. The van der Waals surface area contributed by atoms with Gasteiger partial charge in [0, 0.05) is 18.8 Å². The van der Waals surface area contributed by atoms with Crippen molar-refractivity contribution in [3.05, 3.63) is 78.4 Å². The van der Waals surface area contributed by atoms with Gasteiger partial charge < -0.3 is 9.47 Å². The predicted octanol–water partition coefficient (Wildman–Crippen LogP) is 4.96. The minimum Gasteiger partial charge on any atom is -0.353 e. The Bertz CT molecular complexity index is 841. The molecule has 0 spiro atoms. The molecule has 2 rings (SSSR count). The molecule has 0 bridgehead atoms. The number of rotatable bonds is 10. The van der Waals surface area contributed by atoms with Gasteiger partial charge in [-0.3, -0.25) is 8.98 Å². The summed E-state index contributed by atoms with van der Waals surface area (Å²) in [6.45, 7) is 15.1. The zero-order valence-corrected chi connectivity index (χ0v) is 19.7. The first-order valence-corrected chi connectivity index (χ1v) is 11.5. The average molecular weight is 451 g/mol. The van der Waals surface area contributed by atoms with Crippen LogP contribution in [0.3, 0.4) is 0 Å². The summed E-state index contributed by atoms with van der Waals surface area (Å²) in [5, 5.41) is 0. The van der Waals surface area contributed by atoms with Crippen LogP contribution in [0.2, 0.25) is 0 Å². The predicted molar refractivity (Wildman–Crippen MR) is 124 cm³/mol. The van der Waals surface area contributed by atoms with Crippen LogP contribution in [0, 0.1) is 6.92 Å². The molecule has 0 aliphatic heterocycles. The minimum absolute atomic E-state index is 0.00105. The van der Waals surface area contributed by atoms with E-state index in [1.165, 1.54) is 12.1 Å². The summed E-state index contributed by atoms with van der Waals surface area (Å²) >= 11 is 0. The van der Waals surface area contributed by atoms with Crippen molar-refractivity contribution in [1.29, 1.82) is 0 Å². The molecule has 31 heavy (non-hydrogen) atoms. The summed E-state index contributed by atoms with van der Waals surface area (Å²) in [7, 11) is -3.76. The molecule has 0 amide bonds. The smallest absolute Gasteiger partial charge is 0.296 e. The molecule has 0 atom stereocenters. The standard InChI is InChI=1S/C16H16O4S.C6H14O2.C2H4/c1-13-6-8-16(9-7-13)21(18,19)20-11-10-14-4-2-3-5-15(14)12-17;1-4-7-6(3)8-5-2;1-2/h2-9,12H,10-11H2,1H3;6H,4-5H2,1-3H3;1-2H2. The zero-order valence-electron chi connectivity index (χ0n) is 18.9. The lowest BCUT2D eigenvalue weighted by Crippen LogP contribution is -2.11. The van der Waals surface area contributed by atoms with Gasteiger partial charge in [-0.1, -0.05) is 42.0 Å². The molecule has 0 heterocycles. The fourth-order valence-corrected chi connectivity index (χ4v) is 3.34. The number of aryl methyl sites for hydroxylation is 1. The lowest BCUT2D eigenvalue weighted by molar-refractivity contribution is -0.123. The third-order valence-corrected chi connectivity index (χ3v) is 5.23. The molecule has 0 aromatic heterocycles. The molecule has 2 aromatic rings. The Kier molecular flexibility index (Phi) is 15.2. The Morgan fingerprint density at radius 3 is 2.03 bits per heavy atom. The highest BCUT2D eigenvalue weighted by Crippen LogP contribution is 2.14. The van der Waals surface area contributed by atoms with E-state index in [2.05, 4.69) is 13.2 Å². The second-order valence-electron chi connectivity index (χ2n) is 6.13. The number of ether oxygens (including phenoxy) is 2. The molecule has 0 saturated carbocycles. The summed E-state index contributed by atoms with van der Waals surface area (Å²) in [6, 6.07) is 13.5. The van der Waals surface area contributed by atoms with Crippen molar-refractivity contribution in [2.24, 2.45) is 0 Å². The number of carbonyl (C=O) groups excluding carboxylic acids is 1. The fraction of sp³-hybridized carbons (Fsp3) is 0.375. The summed E-state index contributed by atoms with van der Waals surface area (Å²) in [4.78, 5) is 11.0. The molecular formula is C24H34O6S. The van der Waals surface area contributed by atoms with Crippen molar-refractivity contribution in [2.75, 3.05) is 19.8 Å². The van der Waals surface area contributed by atoms with Crippen LogP contribution in [0.5, 0.6) is 0 Å². The molecule has 0 N–H and O–H groups in total. The maximum Gasteiger partial charge on any atom is 0.296 e. The van der Waals surface area contributed by atoms with Crippen molar-refractivity contribution in [1.82, 2.24) is 0 Å². The Labute approximate surface area is 187 Å². The SMILES string of the molecule is C=C.CCOC(C)OCC.Cc1ccc(S(=O)(=O)OCCc2ccccc2C=O)cc1. The normalized spacial score (nSPS) is 10.5. The molecule has 172 valence electrons. The zero-order chi connectivity index (χ0) is 23.7. The largest absolute Gasteiger partial charge is 0.353 e. The van der Waals surface area contributed by atoms with Gasteiger partial charge in [0.05, 0.1) is 11.5 Å². The maximum absolute atomic E-state index is 12.0. The lowest BCUT2D eigenvalue weighted by atomic mass is 10.1. The van der Waals surface area contributed by atoms with Crippen molar-refractivity contribution in [3.8, 4) is 0 Å². The maximum atomic E-state index is 12.0. The van der Waals surface area contributed by atoms with E-state index < -0.39 is 10.1 Å². The summed E-state index contributed by atoms with van der Waals surface area (Å²) in [5.41, 5.74) is 2.30. The first-order valence-electron chi connectivity index (χ1n) is 10.1. The molecule has 6 nitrogen and oxygen atoms in total. The molecule has 0 aliphatic carbocycles. The topological polar surface area (TPSA) is 78.9 Å². The van der Waals surface area contributed by atoms with Crippen LogP contribution in [0.25, 0.3) is 0 Å². The quantitative estimate of drug-likeness (QED) is 0.220. The minimum atomic E-state index is -3.76. The van der Waals surface area contributed by atoms with Crippen LogP contribution < -0.4 is 0 Å². The van der Waals surface area contributed by atoms with E-state index >= 15 is 0 Å². The number of hydrogen-bond donors (Lipinski definition) is 0. The number of carbonyl (C=O) groups is 1. The molecule has 0 aliphatic rings. The monoisotopic (exact) mass is 450 g/mol. The van der Waals surface area contributed by atoms with Gasteiger partial charge in [-0.05, 0) is 51.8 Å². The first kappa shape index (κ1) is 28.7. The van der Waals surface area contributed by atoms with Crippen LogP contribution in [0.1, 0.15) is 42.3 Å². The van der Waals surface area contributed by atoms with Crippen LogP contribution in [-0.4, -0.2) is 40.8 Å². The van der Waals surface area contributed by atoms with E-state index in [0.29, 0.717) is 12.0 Å². The molecule has 0 fully saturated rings. The summed E-state index contributed by atoms with van der Waals surface area (Å²) in [6.07, 6.45) is 1.08. The molecule has 0 unspecified atom stereocenters. The highest BCUT2D eigenvalue weighted by molar-refractivity contribution is 7.86. The summed E-state index contributed by atoms with van der Waals surface area (Å²) in [5.74, 6) is 0. The second kappa shape index (κ2) is 16.4. The van der Waals surface area contributed by atoms with E-state index in [4.69, 9.17) is 13.7 Å². The third-order valence-electron chi connectivity index (χ3n) is 3.90.